The van der Waals surface area contributed by atoms with E-state index in [0.29, 0.717) is 23.2 Å². The number of carbonyl (C=O) groups excluding carboxylic acids is 8. The predicted molar refractivity (Wildman–Crippen MR) is 235 cm³/mol. The maximum atomic E-state index is 14.1. The molecule has 4 aromatic rings. The number of hydrogen-bond acceptors (Lipinski definition) is 13. The van der Waals surface area contributed by atoms with Crippen LogP contribution in [0.4, 0.5) is 0 Å². The number of likely N-dealkylation sites (tertiary alicyclic amines) is 1. The second-order valence-corrected chi connectivity index (χ2v) is 16.2. The molecule has 1 aliphatic heterocycles. The molecule has 1 aliphatic rings. The van der Waals surface area contributed by atoms with E-state index < -0.39 is 114 Å². The Morgan fingerprint density at radius 3 is 1.96 bits per heavy atom. The second kappa shape index (κ2) is 22.9. The molecule has 0 saturated carbocycles. The zero-order valence-electron chi connectivity index (χ0n) is 36.3. The molecule has 2 aromatic heterocycles. The van der Waals surface area contributed by atoms with Crippen molar-refractivity contribution in [2.75, 3.05) is 6.54 Å². The number of imidazole rings is 1. The molecule has 24 heteroatoms. The van der Waals surface area contributed by atoms with Gasteiger partial charge in [0, 0.05) is 48.4 Å². The number of carboxylic acid groups (broad SMARTS) is 1. The number of nitrogens with two attached hydrogens (primary N) is 3. The molecule has 8 amide bonds. The minimum absolute atomic E-state index is 0.0191. The Hall–Kier alpha value is -7.86. The van der Waals surface area contributed by atoms with Crippen LogP contribution >= 0.6 is 0 Å². The van der Waals surface area contributed by atoms with Crippen molar-refractivity contribution in [2.45, 2.75) is 100 Å². The number of nitrogens with zero attached hydrogens (tertiary/aromatic N) is 2. The van der Waals surface area contributed by atoms with E-state index in [1.807, 2.05) is 18.2 Å². The summed E-state index contributed by atoms with van der Waals surface area (Å²) in [7, 11) is 0. The molecule has 1 fully saturated rings. The average Bonchev–Trinajstić information content (AvgIpc) is 4.07. The topological polar surface area (TPSA) is 400 Å². The summed E-state index contributed by atoms with van der Waals surface area (Å²) >= 11 is 0. The summed E-state index contributed by atoms with van der Waals surface area (Å²) in [6, 6.07) is 1.93. The number of aliphatic hydroxyl groups is 1. The smallest absolute Gasteiger partial charge is 0.326 e. The zero-order valence-corrected chi connectivity index (χ0v) is 36.3. The van der Waals surface area contributed by atoms with Crippen molar-refractivity contribution in [1.29, 1.82) is 0 Å². The van der Waals surface area contributed by atoms with Gasteiger partial charge in [-0.05, 0) is 55.5 Å². The van der Waals surface area contributed by atoms with Crippen LogP contribution in [0.25, 0.3) is 10.9 Å². The minimum Gasteiger partial charge on any atom is -0.508 e. The fourth-order valence-electron chi connectivity index (χ4n) is 7.58. The molecule has 358 valence electrons. The number of benzene rings is 2. The number of aromatic hydroxyl groups is 1. The van der Waals surface area contributed by atoms with E-state index >= 15 is 0 Å². The van der Waals surface area contributed by atoms with E-state index in [0.717, 1.165) is 15.8 Å². The normalized spacial score (nSPS) is 16.6. The lowest BCUT2D eigenvalue weighted by Gasteiger charge is -2.30. The molecule has 2 aromatic carbocycles. The van der Waals surface area contributed by atoms with Gasteiger partial charge < -0.3 is 74.0 Å². The highest BCUT2D eigenvalue weighted by atomic mass is 16.4. The van der Waals surface area contributed by atoms with E-state index in [1.165, 1.54) is 43.7 Å². The highest BCUT2D eigenvalue weighted by Crippen LogP contribution is 2.21. The molecule has 3 heterocycles. The van der Waals surface area contributed by atoms with Crippen molar-refractivity contribution in [1.82, 2.24) is 46.4 Å². The third-order valence-corrected chi connectivity index (χ3v) is 11.0. The zero-order chi connectivity index (χ0) is 48.9. The van der Waals surface area contributed by atoms with E-state index in [1.54, 1.807) is 12.3 Å². The second-order valence-electron chi connectivity index (χ2n) is 16.2. The van der Waals surface area contributed by atoms with Crippen LogP contribution in [0.1, 0.15) is 49.4 Å². The Balaban J connectivity index is 1.34. The predicted octanol–water partition coefficient (Wildman–Crippen LogP) is -3.42. The quantitative estimate of drug-likeness (QED) is 0.0345. The number of aliphatic carboxylic acids is 1. The van der Waals surface area contributed by atoms with Gasteiger partial charge in [0.2, 0.25) is 47.3 Å². The van der Waals surface area contributed by atoms with Crippen molar-refractivity contribution in [2.24, 2.45) is 17.2 Å². The summed E-state index contributed by atoms with van der Waals surface area (Å²) in [6.07, 6.45) is 1.22. The monoisotopic (exact) mass is 930 g/mol. The van der Waals surface area contributed by atoms with Crippen molar-refractivity contribution in [3.05, 3.63) is 84.1 Å². The van der Waals surface area contributed by atoms with Crippen LogP contribution in [-0.2, 0) is 62.4 Å². The lowest BCUT2D eigenvalue weighted by Crippen LogP contribution is -2.62. The first-order valence-electron chi connectivity index (χ1n) is 21.2. The number of H-pyrrole nitrogens is 2. The molecule has 0 unspecified atom stereocenters. The number of primary amides is 2. The van der Waals surface area contributed by atoms with Gasteiger partial charge >= 0.3 is 5.97 Å². The van der Waals surface area contributed by atoms with Crippen LogP contribution in [-0.4, -0.2) is 143 Å². The maximum absolute atomic E-state index is 14.1. The molecule has 24 nitrogen and oxygen atoms in total. The Morgan fingerprint density at radius 2 is 1.36 bits per heavy atom. The molecule has 67 heavy (non-hydrogen) atoms. The number of para-hydroxylation sites is 1. The first-order chi connectivity index (χ1) is 31.8. The molecule has 16 N–H and O–H groups in total. The van der Waals surface area contributed by atoms with E-state index in [9.17, 15) is 58.5 Å². The number of carboxylic acids is 1. The fourth-order valence-corrected chi connectivity index (χ4v) is 7.58. The van der Waals surface area contributed by atoms with Gasteiger partial charge in [-0.1, -0.05) is 30.3 Å². The van der Waals surface area contributed by atoms with Crippen molar-refractivity contribution in [3.8, 4) is 5.75 Å². The van der Waals surface area contributed by atoms with E-state index in [2.05, 4.69) is 41.5 Å². The number of aromatic nitrogens is 3. The van der Waals surface area contributed by atoms with Crippen molar-refractivity contribution < 1.29 is 58.5 Å². The summed E-state index contributed by atoms with van der Waals surface area (Å²) in [5.41, 5.74) is 19.3. The van der Waals surface area contributed by atoms with E-state index in [-0.39, 0.29) is 38.0 Å². The summed E-state index contributed by atoms with van der Waals surface area (Å²) in [4.78, 5) is 130. The number of rotatable bonds is 23. The van der Waals surface area contributed by atoms with Crippen LogP contribution in [0.15, 0.2) is 67.3 Å². The van der Waals surface area contributed by atoms with Gasteiger partial charge in [-0.25, -0.2) is 9.78 Å². The third kappa shape index (κ3) is 13.8. The summed E-state index contributed by atoms with van der Waals surface area (Å²) in [5, 5.41) is 43.2. The molecular weight excluding hydrogens is 877 g/mol. The maximum Gasteiger partial charge on any atom is 0.326 e. The molecule has 0 aliphatic carbocycles. The number of aliphatic hydroxyl groups excluding tert-OH is 1. The van der Waals surface area contributed by atoms with Crippen LogP contribution < -0.4 is 43.8 Å². The van der Waals surface area contributed by atoms with Crippen molar-refractivity contribution in [3.63, 3.8) is 0 Å². The van der Waals surface area contributed by atoms with Gasteiger partial charge in [0.15, 0.2) is 0 Å². The molecule has 1 saturated heterocycles. The highest BCUT2D eigenvalue weighted by molar-refractivity contribution is 5.99. The number of nitrogens with one attached hydrogen (secondary N) is 7. The van der Waals surface area contributed by atoms with E-state index in [4.69, 9.17) is 17.2 Å². The molecule has 8 atom stereocenters. The van der Waals surface area contributed by atoms with Crippen LogP contribution in [0.2, 0.25) is 0 Å². The molecular formula is C43H54N12O12. The third-order valence-electron chi connectivity index (χ3n) is 11.0. The summed E-state index contributed by atoms with van der Waals surface area (Å²) in [6.45, 7) is 1.26. The average molecular weight is 931 g/mol. The number of carbonyl (C=O) groups is 9. The number of amides is 8. The van der Waals surface area contributed by atoms with Gasteiger partial charge in [0.1, 0.15) is 42.0 Å². The first kappa shape index (κ1) is 50.1. The largest absolute Gasteiger partial charge is 0.508 e. The lowest BCUT2D eigenvalue weighted by molar-refractivity contribution is -0.149. The van der Waals surface area contributed by atoms with Crippen LogP contribution in [0.5, 0.6) is 5.75 Å². The van der Waals surface area contributed by atoms with Crippen LogP contribution in [0, 0.1) is 0 Å². The van der Waals surface area contributed by atoms with Gasteiger partial charge in [-0.2, -0.15) is 0 Å². The Labute approximate surface area is 382 Å². The van der Waals surface area contributed by atoms with Gasteiger partial charge in [0.05, 0.1) is 31.3 Å². The molecule has 0 radical (unpaired) electrons. The number of phenols is 1. The Kier molecular flexibility index (Phi) is 17.1. The summed E-state index contributed by atoms with van der Waals surface area (Å²) < 4.78 is 0. The molecule has 5 rings (SSSR count). The SMILES string of the molecule is C[C@@H](O)[C@H](NC(=O)[C@H](Cc1ccc(O)cc1)NC(=O)[C@H](CC(N)=O)NC(=O)[C@H](CC(N)=O)NC(=O)[C@@H](N)Cc1c[nH]c2ccccc12)C(=O)N[C@@H](Cc1cnc[nH]1)C(=O)N1CCC[C@H]1C(=O)O. The standard InChI is InChI=1S/C43H54N12O12/c1-21(56)36(41(64)53-32(15-24-19-47-20-49-24)42(65)55-12-4-7-33(55)43(66)67)54-40(63)29(13-22-8-10-25(57)11-9-22)51-39(62)31(17-35(46)59)52-38(61)30(16-34(45)58)50-37(60)27(44)14-23-18-48-28-6-3-2-5-26(23)28/h2-3,5-6,8-11,18-21,27,29-33,36,48,56-57H,4,7,12-17,44H2,1H3,(H2,45,58)(H2,46,59)(H,47,49)(H,50,60)(H,51,62)(H,52,61)(H,53,64)(H,54,63)(H,66,67)/t21-,27+,29+,30+,31+,32+,33+,36+/m1/s1. The van der Waals surface area contributed by atoms with Gasteiger partial charge in [0.25, 0.3) is 0 Å². The fraction of sp³-hybridized carbons (Fsp3) is 0.395. The summed E-state index contributed by atoms with van der Waals surface area (Å²) in [5.74, 6) is -9.57. The Morgan fingerprint density at radius 1 is 0.761 bits per heavy atom. The number of phenolic OH excluding ortho intramolecular Hbond substituents is 1. The lowest BCUT2D eigenvalue weighted by atomic mass is 10.0. The number of aromatic amines is 2. The van der Waals surface area contributed by atoms with Gasteiger partial charge in [-0.15, -0.1) is 0 Å². The minimum atomic E-state index is -1.84. The molecule has 0 bridgehead atoms. The Bertz CT molecular complexity index is 2440. The number of hydrogen-bond donors (Lipinski definition) is 13. The molecule has 0 spiro atoms. The first-order valence-corrected chi connectivity index (χ1v) is 21.2. The van der Waals surface area contributed by atoms with Crippen molar-refractivity contribution >= 4 is 64.1 Å². The number of fused-ring (bicyclic) bond motifs is 1. The van der Waals surface area contributed by atoms with Gasteiger partial charge in [-0.3, -0.25) is 38.4 Å². The van der Waals surface area contributed by atoms with Crippen LogP contribution in [0.3, 0.4) is 0 Å². The highest BCUT2D eigenvalue weighted by Gasteiger charge is 2.40.